The molecule has 0 spiro atoms. The first kappa shape index (κ1) is 30.9. The summed E-state index contributed by atoms with van der Waals surface area (Å²) < 4.78 is 28.1. The van der Waals surface area contributed by atoms with Gasteiger partial charge in [-0.15, -0.1) is 0 Å². The topological polar surface area (TPSA) is 105 Å². The average Bonchev–Trinajstić information content (AvgIpc) is 3.68. The number of pyridine rings is 1. The van der Waals surface area contributed by atoms with Gasteiger partial charge in [-0.05, 0) is 91.5 Å². The van der Waals surface area contributed by atoms with Gasteiger partial charge in [0.25, 0.3) is 0 Å². The summed E-state index contributed by atoms with van der Waals surface area (Å²) in [5.41, 5.74) is 2.90. The zero-order chi connectivity index (χ0) is 30.8. The molecule has 1 aromatic heterocycles. The van der Waals surface area contributed by atoms with Crippen LogP contribution in [-0.2, 0) is 26.7 Å². The molecule has 43 heavy (non-hydrogen) atoms. The Kier molecular flexibility index (Phi) is 8.80. The number of carboxylic acid groups (broad SMARTS) is 1. The number of carbonyl (C=O) groups is 1. The molecule has 0 amide bonds. The summed E-state index contributed by atoms with van der Waals surface area (Å²) in [6.07, 6.45) is 5.58. The van der Waals surface area contributed by atoms with E-state index in [2.05, 4.69) is 4.98 Å². The van der Waals surface area contributed by atoms with Gasteiger partial charge in [-0.25, -0.2) is 13.4 Å². The molecule has 1 heterocycles. The van der Waals surface area contributed by atoms with E-state index in [1.165, 1.54) is 0 Å². The first-order valence-corrected chi connectivity index (χ1v) is 16.5. The van der Waals surface area contributed by atoms with Crippen LogP contribution in [0, 0.1) is 5.41 Å². The zero-order valence-electron chi connectivity index (χ0n) is 24.3. The quantitative estimate of drug-likeness (QED) is 0.169. The van der Waals surface area contributed by atoms with Gasteiger partial charge in [0, 0.05) is 10.4 Å². The van der Waals surface area contributed by atoms with Gasteiger partial charge in [0.15, 0.2) is 9.84 Å². The summed E-state index contributed by atoms with van der Waals surface area (Å²) in [5.74, 6) is -1.13. The lowest BCUT2D eigenvalue weighted by atomic mass is 9.90. The highest BCUT2D eigenvalue weighted by molar-refractivity contribution is 7.91. The number of nitrogens with zero attached hydrogens (tertiary/aromatic N) is 1. The van der Waals surface area contributed by atoms with E-state index in [1.807, 2.05) is 91.0 Å². The van der Waals surface area contributed by atoms with Gasteiger partial charge in [0.05, 0.1) is 34.2 Å². The summed E-state index contributed by atoms with van der Waals surface area (Å²) in [5, 5.41) is 20.9. The van der Waals surface area contributed by atoms with E-state index >= 15 is 0 Å². The number of aliphatic hydroxyl groups is 1. The summed E-state index contributed by atoms with van der Waals surface area (Å²) in [4.78, 5) is 16.2. The number of sulfone groups is 1. The van der Waals surface area contributed by atoms with Crippen molar-refractivity contribution in [2.75, 3.05) is 5.75 Å². The van der Waals surface area contributed by atoms with Crippen LogP contribution in [0.4, 0.5) is 0 Å². The first-order valence-electron chi connectivity index (χ1n) is 14.4. The number of hydrogen-bond acceptors (Lipinski definition) is 5. The lowest BCUT2D eigenvalue weighted by molar-refractivity contribution is -0.138. The molecule has 3 aromatic carbocycles. The van der Waals surface area contributed by atoms with Gasteiger partial charge in [-0.1, -0.05) is 78.3 Å². The second-order valence-electron chi connectivity index (χ2n) is 12.2. The normalized spacial score (nSPS) is 15.5. The van der Waals surface area contributed by atoms with Gasteiger partial charge in [0.2, 0.25) is 0 Å². The third kappa shape index (κ3) is 7.71. The predicted molar refractivity (Wildman–Crippen MR) is 173 cm³/mol. The lowest BCUT2D eigenvalue weighted by Crippen LogP contribution is -2.26. The van der Waals surface area contributed by atoms with Crippen LogP contribution in [0.25, 0.3) is 23.1 Å². The molecule has 2 N–H and O–H groups in total. The maximum Gasteiger partial charge on any atom is 0.303 e. The van der Waals surface area contributed by atoms with E-state index in [0.29, 0.717) is 36.3 Å². The monoisotopic (exact) mass is 617 g/mol. The fourth-order valence-electron chi connectivity index (χ4n) is 5.82. The number of aromatic nitrogens is 1. The Morgan fingerprint density at radius 2 is 1.77 bits per heavy atom. The summed E-state index contributed by atoms with van der Waals surface area (Å²) >= 11 is 6.14. The SMILES string of the molecule is CC(C)(O)c1ccccc1CC[C@H](c1cccc(C=Cc2ccc3ccc(Cl)cc3n2)c1)S(=O)(=O)CC1(CC(=O)O)CC1. The average molecular weight is 618 g/mol. The number of rotatable bonds is 12. The summed E-state index contributed by atoms with van der Waals surface area (Å²) in [6.45, 7) is 3.44. The van der Waals surface area contributed by atoms with Crippen LogP contribution in [0.5, 0.6) is 0 Å². The molecular weight excluding hydrogens is 582 g/mol. The highest BCUT2D eigenvalue weighted by atomic mass is 35.5. The van der Waals surface area contributed by atoms with Crippen molar-refractivity contribution in [1.82, 2.24) is 4.98 Å². The standard InChI is InChI=1S/C35H36ClNO5S/c1-34(2,40)30-9-4-3-7-25(30)13-17-32(43(41,42)23-35(18-19-35)22-33(38)39)27-8-5-6-24(20-27)10-15-29-16-12-26-11-14-28(36)21-31(26)37-29/h3-12,14-16,20-21,32,40H,13,17-19,22-23H2,1-2H3,(H,38,39)/t32-/m1/s1. The second-order valence-corrected chi connectivity index (χ2v) is 14.8. The van der Waals surface area contributed by atoms with Gasteiger partial charge in [0.1, 0.15) is 0 Å². The number of hydrogen-bond donors (Lipinski definition) is 2. The van der Waals surface area contributed by atoms with Crippen molar-refractivity contribution in [3.05, 3.63) is 112 Å². The molecule has 5 rings (SSSR count). The van der Waals surface area contributed by atoms with Gasteiger partial charge in [-0.2, -0.15) is 0 Å². The molecule has 224 valence electrons. The van der Waals surface area contributed by atoms with Crippen molar-refractivity contribution in [3.8, 4) is 0 Å². The molecule has 0 bridgehead atoms. The molecule has 0 aliphatic heterocycles. The van der Waals surface area contributed by atoms with E-state index in [9.17, 15) is 23.4 Å². The van der Waals surface area contributed by atoms with E-state index in [0.717, 1.165) is 33.3 Å². The van der Waals surface area contributed by atoms with Crippen molar-refractivity contribution < 1.29 is 23.4 Å². The fraction of sp³-hybridized carbons (Fsp3) is 0.314. The molecule has 4 aromatic rings. The number of fused-ring (bicyclic) bond motifs is 1. The molecule has 1 saturated carbocycles. The third-order valence-corrected chi connectivity index (χ3v) is 10.8. The van der Waals surface area contributed by atoms with Crippen LogP contribution >= 0.6 is 11.6 Å². The molecule has 6 nitrogen and oxygen atoms in total. The molecule has 0 saturated heterocycles. The number of halogens is 1. The molecule has 1 fully saturated rings. The molecule has 1 aliphatic carbocycles. The van der Waals surface area contributed by atoms with Gasteiger partial charge >= 0.3 is 5.97 Å². The molecule has 0 unspecified atom stereocenters. The van der Waals surface area contributed by atoms with Crippen LogP contribution in [0.1, 0.15) is 72.7 Å². The van der Waals surface area contributed by atoms with Crippen LogP contribution in [0.3, 0.4) is 0 Å². The number of aryl methyl sites for hydroxylation is 1. The van der Waals surface area contributed by atoms with Gasteiger partial charge in [-0.3, -0.25) is 4.79 Å². The predicted octanol–water partition coefficient (Wildman–Crippen LogP) is 7.63. The number of benzene rings is 3. The summed E-state index contributed by atoms with van der Waals surface area (Å²) in [7, 11) is -3.72. The van der Waals surface area contributed by atoms with Crippen LogP contribution < -0.4 is 0 Å². The van der Waals surface area contributed by atoms with E-state index in [4.69, 9.17) is 11.6 Å². The third-order valence-electron chi connectivity index (χ3n) is 8.18. The zero-order valence-corrected chi connectivity index (χ0v) is 25.9. The van der Waals surface area contributed by atoms with Gasteiger partial charge < -0.3 is 10.2 Å². The van der Waals surface area contributed by atoms with E-state index in [1.54, 1.807) is 13.8 Å². The second kappa shape index (κ2) is 12.2. The lowest BCUT2D eigenvalue weighted by Gasteiger charge is -2.24. The number of aliphatic carboxylic acids is 1. The molecular formula is C35H36ClNO5S. The Bertz CT molecular complexity index is 1790. The van der Waals surface area contributed by atoms with Crippen molar-refractivity contribution in [2.24, 2.45) is 5.41 Å². The van der Waals surface area contributed by atoms with Crippen LogP contribution in [0.15, 0.2) is 78.9 Å². The fourth-order valence-corrected chi connectivity index (χ4v) is 8.47. The van der Waals surface area contributed by atoms with Crippen molar-refractivity contribution >= 4 is 50.5 Å². The van der Waals surface area contributed by atoms with Crippen molar-refractivity contribution in [1.29, 1.82) is 0 Å². The highest BCUT2D eigenvalue weighted by Crippen LogP contribution is 2.51. The Morgan fingerprint density at radius 3 is 2.49 bits per heavy atom. The van der Waals surface area contributed by atoms with E-state index < -0.39 is 32.1 Å². The Balaban J connectivity index is 1.45. The summed E-state index contributed by atoms with van der Waals surface area (Å²) in [6, 6.07) is 24.5. The maximum atomic E-state index is 14.0. The minimum atomic E-state index is -3.72. The molecule has 8 heteroatoms. The maximum absolute atomic E-state index is 14.0. The largest absolute Gasteiger partial charge is 0.481 e. The molecule has 1 atom stereocenters. The first-order chi connectivity index (χ1) is 20.3. The van der Waals surface area contributed by atoms with Crippen molar-refractivity contribution in [3.63, 3.8) is 0 Å². The molecule has 1 aliphatic rings. The number of carboxylic acids is 1. The highest BCUT2D eigenvalue weighted by Gasteiger charge is 2.49. The van der Waals surface area contributed by atoms with Crippen molar-refractivity contribution in [2.45, 2.75) is 56.8 Å². The van der Waals surface area contributed by atoms with Crippen LogP contribution in [-0.4, -0.2) is 35.3 Å². The van der Waals surface area contributed by atoms with E-state index in [-0.39, 0.29) is 12.2 Å². The molecule has 0 radical (unpaired) electrons. The Labute approximate surface area is 258 Å². The Hall–Kier alpha value is -3.52. The Morgan fingerprint density at radius 1 is 1.02 bits per heavy atom. The minimum absolute atomic E-state index is 0.146. The van der Waals surface area contributed by atoms with Crippen LogP contribution in [0.2, 0.25) is 5.02 Å². The minimum Gasteiger partial charge on any atom is -0.481 e. The smallest absolute Gasteiger partial charge is 0.303 e.